The summed E-state index contributed by atoms with van der Waals surface area (Å²) < 4.78 is 0. The molecule has 2 aromatic heterocycles. The Bertz CT molecular complexity index is 752. The number of pyridine rings is 1. The smallest absolute Gasteiger partial charge is 0.223 e. The van der Waals surface area contributed by atoms with Crippen molar-refractivity contribution in [1.29, 1.82) is 0 Å². The van der Waals surface area contributed by atoms with Gasteiger partial charge >= 0.3 is 0 Å². The van der Waals surface area contributed by atoms with E-state index in [2.05, 4.69) is 38.5 Å². The Kier molecular flexibility index (Phi) is 3.29. The van der Waals surface area contributed by atoms with Crippen LogP contribution in [-0.2, 0) is 0 Å². The zero-order valence-electron chi connectivity index (χ0n) is 11.6. The predicted octanol–water partition coefficient (Wildman–Crippen LogP) is 3.43. The normalized spacial score (nSPS) is 10.7. The van der Waals surface area contributed by atoms with Crippen LogP contribution in [0.4, 0.5) is 5.95 Å². The van der Waals surface area contributed by atoms with Crippen LogP contribution in [0.3, 0.4) is 0 Å². The summed E-state index contributed by atoms with van der Waals surface area (Å²) in [5.41, 5.74) is 4.11. The van der Waals surface area contributed by atoms with Crippen LogP contribution < -0.4 is 5.32 Å². The fourth-order valence-corrected chi connectivity index (χ4v) is 2.20. The van der Waals surface area contributed by atoms with E-state index in [1.54, 1.807) is 6.20 Å². The van der Waals surface area contributed by atoms with Gasteiger partial charge in [-0.05, 0) is 37.6 Å². The zero-order valence-corrected chi connectivity index (χ0v) is 11.6. The van der Waals surface area contributed by atoms with E-state index in [1.165, 1.54) is 0 Å². The van der Waals surface area contributed by atoms with Crippen molar-refractivity contribution < 1.29 is 0 Å². The van der Waals surface area contributed by atoms with Crippen LogP contribution in [0.5, 0.6) is 0 Å². The lowest BCUT2D eigenvalue weighted by molar-refractivity contribution is 1.07. The second-order valence-electron chi connectivity index (χ2n) is 4.67. The van der Waals surface area contributed by atoms with Gasteiger partial charge in [-0.1, -0.05) is 12.1 Å². The van der Waals surface area contributed by atoms with Crippen LogP contribution in [0, 0.1) is 6.92 Å². The van der Waals surface area contributed by atoms with Crippen LogP contribution in [0.1, 0.15) is 12.5 Å². The number of aryl methyl sites for hydroxylation is 1. The molecule has 1 N–H and O–H groups in total. The first-order valence-electron chi connectivity index (χ1n) is 6.70. The number of anilines is 1. The van der Waals surface area contributed by atoms with Crippen LogP contribution in [0.2, 0.25) is 0 Å². The van der Waals surface area contributed by atoms with E-state index >= 15 is 0 Å². The first-order chi connectivity index (χ1) is 9.78. The third kappa shape index (κ3) is 2.32. The molecule has 2 heterocycles. The van der Waals surface area contributed by atoms with E-state index in [-0.39, 0.29) is 0 Å². The molecule has 0 atom stereocenters. The third-order valence-electron chi connectivity index (χ3n) is 3.18. The Morgan fingerprint density at radius 3 is 2.90 bits per heavy atom. The number of hydrogen-bond acceptors (Lipinski definition) is 4. The molecule has 0 saturated carbocycles. The van der Waals surface area contributed by atoms with Gasteiger partial charge in [0.2, 0.25) is 5.95 Å². The Balaban J connectivity index is 2.12. The van der Waals surface area contributed by atoms with Crippen LogP contribution in [-0.4, -0.2) is 21.5 Å². The van der Waals surface area contributed by atoms with Crippen molar-refractivity contribution in [2.45, 2.75) is 13.8 Å². The minimum absolute atomic E-state index is 0.666. The Hall–Kier alpha value is -2.49. The van der Waals surface area contributed by atoms with Crippen molar-refractivity contribution in [3.63, 3.8) is 0 Å². The standard InChI is InChI=1S/C16H16N4/c1-3-17-16-19-10-11(2)15(20-16)13-6-7-14-12(9-13)5-4-8-18-14/h4-10H,3H2,1-2H3,(H,17,19,20). The molecule has 0 aliphatic heterocycles. The number of aromatic nitrogens is 3. The van der Waals surface area contributed by atoms with Crippen molar-refractivity contribution in [3.8, 4) is 11.3 Å². The highest BCUT2D eigenvalue weighted by Crippen LogP contribution is 2.25. The monoisotopic (exact) mass is 264 g/mol. The van der Waals surface area contributed by atoms with Crippen molar-refractivity contribution >= 4 is 16.9 Å². The van der Waals surface area contributed by atoms with Gasteiger partial charge in [0.05, 0.1) is 11.2 Å². The fourth-order valence-electron chi connectivity index (χ4n) is 2.20. The van der Waals surface area contributed by atoms with E-state index in [0.29, 0.717) is 5.95 Å². The number of benzene rings is 1. The molecular weight excluding hydrogens is 248 g/mol. The molecule has 0 unspecified atom stereocenters. The minimum atomic E-state index is 0.666. The second kappa shape index (κ2) is 5.25. The summed E-state index contributed by atoms with van der Waals surface area (Å²) in [5, 5.41) is 4.27. The molecule has 4 nitrogen and oxygen atoms in total. The molecule has 0 radical (unpaired) electrons. The van der Waals surface area contributed by atoms with Crippen LogP contribution >= 0.6 is 0 Å². The summed E-state index contributed by atoms with van der Waals surface area (Å²) in [6, 6.07) is 10.2. The lowest BCUT2D eigenvalue weighted by Crippen LogP contribution is -2.03. The molecule has 3 rings (SSSR count). The lowest BCUT2D eigenvalue weighted by atomic mass is 10.1. The molecule has 4 heteroatoms. The van der Waals surface area contributed by atoms with Gasteiger partial charge in [-0.15, -0.1) is 0 Å². The third-order valence-corrected chi connectivity index (χ3v) is 3.18. The maximum atomic E-state index is 4.60. The zero-order chi connectivity index (χ0) is 13.9. The highest BCUT2D eigenvalue weighted by Gasteiger charge is 2.07. The summed E-state index contributed by atoms with van der Waals surface area (Å²) in [6.07, 6.45) is 3.66. The number of nitrogens with one attached hydrogen (secondary N) is 1. The van der Waals surface area contributed by atoms with Gasteiger partial charge in [0.1, 0.15) is 0 Å². The van der Waals surface area contributed by atoms with Gasteiger partial charge in [-0.25, -0.2) is 9.97 Å². The van der Waals surface area contributed by atoms with E-state index < -0.39 is 0 Å². The quantitative estimate of drug-likeness (QED) is 0.787. The highest BCUT2D eigenvalue weighted by molar-refractivity contribution is 5.84. The fraction of sp³-hybridized carbons (Fsp3) is 0.188. The maximum Gasteiger partial charge on any atom is 0.223 e. The Labute approximate surface area is 117 Å². The summed E-state index contributed by atoms with van der Waals surface area (Å²) in [7, 11) is 0. The molecule has 1 aromatic carbocycles. The molecule has 0 aliphatic carbocycles. The Morgan fingerprint density at radius 1 is 1.15 bits per heavy atom. The van der Waals surface area contributed by atoms with Gasteiger partial charge in [0, 0.05) is 29.9 Å². The van der Waals surface area contributed by atoms with E-state index in [0.717, 1.165) is 34.3 Å². The van der Waals surface area contributed by atoms with E-state index in [4.69, 9.17) is 0 Å². The van der Waals surface area contributed by atoms with Crippen molar-refractivity contribution in [3.05, 3.63) is 48.3 Å². The summed E-state index contributed by atoms with van der Waals surface area (Å²) in [5.74, 6) is 0.666. The van der Waals surface area contributed by atoms with Gasteiger partial charge < -0.3 is 5.32 Å². The van der Waals surface area contributed by atoms with Crippen molar-refractivity contribution in [2.75, 3.05) is 11.9 Å². The predicted molar refractivity (Wildman–Crippen MR) is 81.7 cm³/mol. The van der Waals surface area contributed by atoms with Crippen molar-refractivity contribution in [2.24, 2.45) is 0 Å². The summed E-state index contributed by atoms with van der Waals surface area (Å²) in [6.45, 7) is 4.87. The van der Waals surface area contributed by atoms with Gasteiger partial charge in [-0.3, -0.25) is 4.98 Å². The van der Waals surface area contributed by atoms with E-state index in [9.17, 15) is 0 Å². The van der Waals surface area contributed by atoms with Gasteiger partial charge in [-0.2, -0.15) is 0 Å². The van der Waals surface area contributed by atoms with Gasteiger partial charge in [0.15, 0.2) is 0 Å². The van der Waals surface area contributed by atoms with E-state index in [1.807, 2.05) is 32.2 Å². The highest BCUT2D eigenvalue weighted by atomic mass is 15.1. The largest absolute Gasteiger partial charge is 0.354 e. The number of nitrogens with zero attached hydrogens (tertiary/aromatic N) is 3. The molecule has 0 aliphatic rings. The number of rotatable bonds is 3. The molecular formula is C16H16N4. The number of fused-ring (bicyclic) bond motifs is 1. The average Bonchev–Trinajstić information content (AvgIpc) is 2.49. The van der Waals surface area contributed by atoms with Crippen LogP contribution in [0.15, 0.2) is 42.7 Å². The first-order valence-corrected chi connectivity index (χ1v) is 6.70. The Morgan fingerprint density at radius 2 is 2.05 bits per heavy atom. The molecule has 0 spiro atoms. The minimum Gasteiger partial charge on any atom is -0.354 e. The molecule has 0 amide bonds. The molecule has 0 bridgehead atoms. The average molecular weight is 264 g/mol. The SMILES string of the molecule is CCNc1ncc(C)c(-c2ccc3ncccc3c2)n1. The molecule has 0 fully saturated rings. The van der Waals surface area contributed by atoms with Gasteiger partial charge in [0.25, 0.3) is 0 Å². The lowest BCUT2D eigenvalue weighted by Gasteiger charge is -2.08. The topological polar surface area (TPSA) is 50.7 Å². The molecule has 20 heavy (non-hydrogen) atoms. The second-order valence-corrected chi connectivity index (χ2v) is 4.67. The van der Waals surface area contributed by atoms with Crippen LogP contribution in [0.25, 0.3) is 22.2 Å². The molecule has 100 valence electrons. The molecule has 0 saturated heterocycles. The maximum absolute atomic E-state index is 4.60. The summed E-state index contributed by atoms with van der Waals surface area (Å²) in [4.78, 5) is 13.2. The van der Waals surface area contributed by atoms with Crippen molar-refractivity contribution in [1.82, 2.24) is 15.0 Å². The summed E-state index contributed by atoms with van der Waals surface area (Å²) >= 11 is 0. The number of hydrogen-bond donors (Lipinski definition) is 1. The molecule has 3 aromatic rings. The first kappa shape index (κ1) is 12.5.